The molecule has 1 fully saturated rings. The summed E-state index contributed by atoms with van der Waals surface area (Å²) in [5.41, 5.74) is -0.127. The summed E-state index contributed by atoms with van der Waals surface area (Å²) in [5, 5.41) is 9.29. The minimum atomic E-state index is -1.05. The first-order chi connectivity index (χ1) is 8.01. The second kappa shape index (κ2) is 4.02. The molecule has 3 nitrogen and oxygen atoms in total. The molecule has 1 saturated carbocycles. The minimum Gasteiger partial charge on any atom is -0.496 e. The lowest BCUT2D eigenvalue weighted by molar-refractivity contribution is -0.147. The Morgan fingerprint density at radius 1 is 1.47 bits per heavy atom. The highest BCUT2D eigenvalue weighted by Crippen LogP contribution is 2.46. The van der Waals surface area contributed by atoms with E-state index in [0.717, 1.165) is 6.42 Å². The molecule has 0 spiro atoms. The van der Waals surface area contributed by atoms with Gasteiger partial charge in [-0.2, -0.15) is 0 Å². The van der Waals surface area contributed by atoms with Crippen LogP contribution in [0.4, 0.5) is 4.39 Å². The molecule has 0 aromatic heterocycles. The summed E-state index contributed by atoms with van der Waals surface area (Å²) in [6.07, 6.45) is 1.80. The Hall–Kier alpha value is -1.58. The van der Waals surface area contributed by atoms with E-state index in [4.69, 9.17) is 4.74 Å². The largest absolute Gasteiger partial charge is 0.496 e. The molecule has 0 radical (unpaired) electrons. The first-order valence-corrected chi connectivity index (χ1v) is 5.59. The minimum absolute atomic E-state index is 0.249. The Kier molecular flexibility index (Phi) is 2.81. The Bertz CT molecular complexity index is 464. The van der Waals surface area contributed by atoms with Crippen LogP contribution in [0.5, 0.6) is 5.75 Å². The van der Waals surface area contributed by atoms with E-state index in [1.54, 1.807) is 6.92 Å². The summed E-state index contributed by atoms with van der Waals surface area (Å²) in [4.78, 5) is 11.3. The van der Waals surface area contributed by atoms with Crippen LogP contribution in [0.3, 0.4) is 0 Å². The van der Waals surface area contributed by atoms with Crippen LogP contribution < -0.4 is 4.74 Å². The molecule has 1 aromatic carbocycles. The summed E-state index contributed by atoms with van der Waals surface area (Å²) in [6.45, 7) is 1.74. The summed E-state index contributed by atoms with van der Waals surface area (Å²) in [6, 6.07) is 2.87. The maximum Gasteiger partial charge on any atom is 0.314 e. The Morgan fingerprint density at radius 3 is 2.53 bits per heavy atom. The first kappa shape index (κ1) is 11.9. The van der Waals surface area contributed by atoms with Crippen LogP contribution in [0.1, 0.15) is 30.4 Å². The topological polar surface area (TPSA) is 46.5 Å². The van der Waals surface area contributed by atoms with Crippen molar-refractivity contribution in [2.45, 2.75) is 31.6 Å². The van der Waals surface area contributed by atoms with Gasteiger partial charge in [-0.25, -0.2) is 4.39 Å². The fraction of sp³-hybridized carbons (Fsp3) is 0.462. The summed E-state index contributed by atoms with van der Waals surface area (Å²) in [5.74, 6) is -0.868. The van der Waals surface area contributed by atoms with Crippen LogP contribution in [0, 0.1) is 12.7 Å². The predicted molar refractivity (Wildman–Crippen MR) is 60.9 cm³/mol. The zero-order chi connectivity index (χ0) is 12.6. The molecular formula is C13H15FO3. The molecule has 0 atom stereocenters. The van der Waals surface area contributed by atoms with Crippen LogP contribution in [-0.2, 0) is 10.2 Å². The van der Waals surface area contributed by atoms with Crippen molar-refractivity contribution >= 4 is 5.97 Å². The molecule has 0 aliphatic heterocycles. The number of rotatable bonds is 3. The summed E-state index contributed by atoms with van der Waals surface area (Å²) >= 11 is 0. The number of hydrogen-bond acceptors (Lipinski definition) is 2. The highest BCUT2D eigenvalue weighted by Gasteiger charge is 2.47. The fourth-order valence-electron chi connectivity index (χ4n) is 2.37. The van der Waals surface area contributed by atoms with Crippen LogP contribution in [0.25, 0.3) is 0 Å². The van der Waals surface area contributed by atoms with Gasteiger partial charge in [-0.3, -0.25) is 4.79 Å². The number of methoxy groups -OCH3 is 1. The molecule has 1 N–H and O–H groups in total. The van der Waals surface area contributed by atoms with Gasteiger partial charge in [-0.05, 0) is 37.5 Å². The molecule has 0 bridgehead atoms. The SMILES string of the molecule is COc1cc(C2(C(=O)O)CCC2)c(F)cc1C. The van der Waals surface area contributed by atoms with Crippen molar-refractivity contribution in [3.05, 3.63) is 29.1 Å². The van der Waals surface area contributed by atoms with Gasteiger partial charge < -0.3 is 9.84 Å². The van der Waals surface area contributed by atoms with E-state index >= 15 is 0 Å². The van der Waals surface area contributed by atoms with Crippen molar-refractivity contribution in [3.63, 3.8) is 0 Å². The van der Waals surface area contributed by atoms with Gasteiger partial charge in [-0.15, -0.1) is 0 Å². The van der Waals surface area contributed by atoms with Gasteiger partial charge in [0.1, 0.15) is 11.6 Å². The van der Waals surface area contributed by atoms with E-state index in [2.05, 4.69) is 0 Å². The Balaban J connectivity index is 2.54. The number of aliphatic carboxylic acids is 1. The zero-order valence-electron chi connectivity index (χ0n) is 9.92. The van der Waals surface area contributed by atoms with Gasteiger partial charge >= 0.3 is 5.97 Å². The van der Waals surface area contributed by atoms with Crippen LogP contribution in [-0.4, -0.2) is 18.2 Å². The van der Waals surface area contributed by atoms with Crippen LogP contribution in [0.2, 0.25) is 0 Å². The number of halogens is 1. The van der Waals surface area contributed by atoms with Gasteiger partial charge in [0.05, 0.1) is 12.5 Å². The van der Waals surface area contributed by atoms with E-state index in [-0.39, 0.29) is 5.56 Å². The third-order valence-corrected chi connectivity index (χ3v) is 3.62. The monoisotopic (exact) mass is 238 g/mol. The average molecular weight is 238 g/mol. The average Bonchev–Trinajstić information content (AvgIpc) is 2.18. The molecule has 17 heavy (non-hydrogen) atoms. The smallest absolute Gasteiger partial charge is 0.314 e. The molecule has 1 aliphatic rings. The van der Waals surface area contributed by atoms with Crippen molar-refractivity contribution < 1.29 is 19.0 Å². The van der Waals surface area contributed by atoms with Gasteiger partial charge in [0.15, 0.2) is 0 Å². The first-order valence-electron chi connectivity index (χ1n) is 5.59. The second-order valence-electron chi connectivity index (χ2n) is 4.54. The summed E-state index contributed by atoms with van der Waals surface area (Å²) < 4.78 is 19.0. The molecule has 4 heteroatoms. The predicted octanol–water partition coefficient (Wildman–Crippen LogP) is 2.65. The number of ether oxygens (including phenoxy) is 1. The molecule has 0 amide bonds. The van der Waals surface area contributed by atoms with Crippen molar-refractivity contribution in [3.8, 4) is 5.75 Å². The van der Waals surface area contributed by atoms with E-state index < -0.39 is 17.2 Å². The molecule has 0 heterocycles. The quantitative estimate of drug-likeness (QED) is 0.880. The highest BCUT2D eigenvalue weighted by atomic mass is 19.1. The standard InChI is InChI=1S/C13H15FO3/c1-8-6-10(14)9(7-11(8)17-2)13(12(15)16)4-3-5-13/h6-7H,3-5H2,1-2H3,(H,15,16). The van der Waals surface area contributed by atoms with Gasteiger partial charge in [0, 0.05) is 5.56 Å². The van der Waals surface area contributed by atoms with Crippen molar-refractivity contribution in [1.82, 2.24) is 0 Å². The molecule has 0 unspecified atom stereocenters. The second-order valence-corrected chi connectivity index (χ2v) is 4.54. The Morgan fingerprint density at radius 2 is 2.12 bits per heavy atom. The Labute approximate surface area is 99.2 Å². The summed E-state index contributed by atoms with van der Waals surface area (Å²) in [7, 11) is 1.50. The number of benzene rings is 1. The third-order valence-electron chi connectivity index (χ3n) is 3.62. The molecule has 0 saturated heterocycles. The van der Waals surface area contributed by atoms with E-state index in [1.807, 2.05) is 0 Å². The number of carboxylic acid groups (broad SMARTS) is 1. The van der Waals surface area contributed by atoms with Gasteiger partial charge in [0.25, 0.3) is 0 Å². The normalized spacial score (nSPS) is 17.4. The van der Waals surface area contributed by atoms with Crippen molar-refractivity contribution in [1.29, 1.82) is 0 Å². The van der Waals surface area contributed by atoms with Gasteiger partial charge in [0.2, 0.25) is 0 Å². The fourth-order valence-corrected chi connectivity index (χ4v) is 2.37. The zero-order valence-corrected chi connectivity index (χ0v) is 9.92. The highest BCUT2D eigenvalue weighted by molar-refractivity contribution is 5.83. The van der Waals surface area contributed by atoms with E-state index in [9.17, 15) is 14.3 Å². The van der Waals surface area contributed by atoms with Crippen molar-refractivity contribution in [2.24, 2.45) is 0 Å². The maximum absolute atomic E-state index is 13.9. The van der Waals surface area contributed by atoms with E-state index in [1.165, 1.54) is 19.2 Å². The lowest BCUT2D eigenvalue weighted by Gasteiger charge is -2.38. The van der Waals surface area contributed by atoms with Crippen molar-refractivity contribution in [2.75, 3.05) is 7.11 Å². The molecule has 1 aromatic rings. The van der Waals surface area contributed by atoms with Crippen LogP contribution >= 0.6 is 0 Å². The lowest BCUT2D eigenvalue weighted by atomic mass is 9.64. The maximum atomic E-state index is 13.9. The lowest BCUT2D eigenvalue weighted by Crippen LogP contribution is -2.43. The number of hydrogen-bond donors (Lipinski definition) is 1. The van der Waals surface area contributed by atoms with Crippen LogP contribution in [0.15, 0.2) is 12.1 Å². The number of aryl methyl sites for hydroxylation is 1. The molecule has 92 valence electrons. The van der Waals surface area contributed by atoms with E-state index in [0.29, 0.717) is 24.2 Å². The number of carboxylic acids is 1. The van der Waals surface area contributed by atoms with Gasteiger partial charge in [-0.1, -0.05) is 6.42 Å². The molecule has 2 rings (SSSR count). The molecule has 1 aliphatic carbocycles. The molecular weight excluding hydrogens is 223 g/mol. The number of carbonyl (C=O) groups is 1. The third kappa shape index (κ3) is 1.68.